The lowest BCUT2D eigenvalue weighted by molar-refractivity contribution is 1.09. The van der Waals surface area contributed by atoms with Crippen LogP contribution in [0.4, 0.5) is 0 Å². The van der Waals surface area contributed by atoms with Crippen molar-refractivity contribution in [2.75, 3.05) is 0 Å². The van der Waals surface area contributed by atoms with Gasteiger partial charge in [0.25, 0.3) is 0 Å². The van der Waals surface area contributed by atoms with Crippen molar-refractivity contribution in [1.29, 1.82) is 0 Å². The molecule has 6 aromatic carbocycles. The predicted octanol–water partition coefficient (Wildman–Crippen LogP) is 9.64. The Morgan fingerprint density at radius 3 is 2.28 bits per heavy atom. The van der Waals surface area contributed by atoms with Crippen molar-refractivity contribution in [2.45, 2.75) is 0 Å². The number of fused-ring (bicyclic) bond motifs is 10. The van der Waals surface area contributed by atoms with E-state index in [1.807, 2.05) is 23.7 Å². The molecule has 0 N–H and O–H groups in total. The summed E-state index contributed by atoms with van der Waals surface area (Å²) in [5, 5.41) is 7.72. The van der Waals surface area contributed by atoms with Gasteiger partial charge in [-0.3, -0.25) is 4.57 Å². The Labute approximate surface area is 227 Å². The van der Waals surface area contributed by atoms with Crippen molar-refractivity contribution < 1.29 is 0 Å². The molecule has 3 heterocycles. The van der Waals surface area contributed by atoms with Crippen LogP contribution in [0.5, 0.6) is 0 Å². The minimum atomic E-state index is 0.992. The molecule has 0 saturated carbocycles. The number of nitrogens with zero attached hydrogens (tertiary/aromatic N) is 3. The summed E-state index contributed by atoms with van der Waals surface area (Å²) in [4.78, 5) is 5.00. The number of para-hydroxylation sites is 2. The molecule has 9 rings (SSSR count). The summed E-state index contributed by atoms with van der Waals surface area (Å²) in [5.74, 6) is 0. The third-order valence-corrected chi connectivity index (χ3v) is 9.19. The van der Waals surface area contributed by atoms with Crippen LogP contribution in [0, 0.1) is 0 Å². The first kappa shape index (κ1) is 21.1. The Balaban J connectivity index is 1.49. The number of benzene rings is 6. The molecule has 3 nitrogen and oxygen atoms in total. The Bertz CT molecular complexity index is 2390. The minimum Gasteiger partial charge on any atom is -0.306 e. The summed E-state index contributed by atoms with van der Waals surface area (Å²) in [6, 6.07) is 43.6. The second-order valence-electron chi connectivity index (χ2n) is 10.0. The lowest BCUT2D eigenvalue weighted by Gasteiger charge is -2.11. The zero-order chi connectivity index (χ0) is 25.5. The molecule has 0 atom stereocenters. The lowest BCUT2D eigenvalue weighted by Crippen LogP contribution is -1.96. The summed E-state index contributed by atoms with van der Waals surface area (Å²) in [6.07, 6.45) is 1.95. The van der Waals surface area contributed by atoms with E-state index >= 15 is 0 Å². The van der Waals surface area contributed by atoms with Gasteiger partial charge in [-0.05, 0) is 47.2 Å². The van der Waals surface area contributed by atoms with E-state index in [1.165, 1.54) is 52.8 Å². The maximum absolute atomic E-state index is 5.00. The maximum Gasteiger partial charge on any atom is 0.113 e. The van der Waals surface area contributed by atoms with Crippen molar-refractivity contribution in [3.63, 3.8) is 0 Å². The average Bonchev–Trinajstić information content (AvgIpc) is 3.69. The van der Waals surface area contributed by atoms with Crippen LogP contribution in [0.2, 0.25) is 0 Å². The van der Waals surface area contributed by atoms with Crippen molar-refractivity contribution in [3.05, 3.63) is 128 Å². The molecule has 9 aromatic rings. The second-order valence-corrected chi connectivity index (χ2v) is 11.1. The first-order valence-electron chi connectivity index (χ1n) is 13.1. The number of hydrogen-bond acceptors (Lipinski definition) is 2. The highest BCUT2D eigenvalue weighted by molar-refractivity contribution is 7.26. The lowest BCUT2D eigenvalue weighted by atomic mass is 10.0. The zero-order valence-corrected chi connectivity index (χ0v) is 21.7. The Morgan fingerprint density at radius 1 is 0.564 bits per heavy atom. The van der Waals surface area contributed by atoms with Gasteiger partial charge in [0, 0.05) is 31.9 Å². The molecule has 0 radical (unpaired) electrons. The molecular formula is C35H21N3S. The molecule has 0 bridgehead atoms. The van der Waals surface area contributed by atoms with Crippen LogP contribution in [0.25, 0.3) is 75.2 Å². The van der Waals surface area contributed by atoms with E-state index in [9.17, 15) is 0 Å². The minimum absolute atomic E-state index is 0.992. The summed E-state index contributed by atoms with van der Waals surface area (Å²) >= 11 is 1.88. The largest absolute Gasteiger partial charge is 0.306 e. The molecule has 0 saturated heterocycles. The smallest absolute Gasteiger partial charge is 0.113 e. The van der Waals surface area contributed by atoms with Gasteiger partial charge in [0.2, 0.25) is 0 Å². The number of aromatic nitrogens is 3. The van der Waals surface area contributed by atoms with Crippen LogP contribution in [0.15, 0.2) is 128 Å². The van der Waals surface area contributed by atoms with Gasteiger partial charge in [-0.1, -0.05) is 84.9 Å². The van der Waals surface area contributed by atoms with E-state index in [-0.39, 0.29) is 0 Å². The Morgan fingerprint density at radius 2 is 1.36 bits per heavy atom. The van der Waals surface area contributed by atoms with Gasteiger partial charge in [0.05, 0.1) is 26.9 Å². The van der Waals surface area contributed by atoms with Gasteiger partial charge < -0.3 is 4.57 Å². The Kier molecular flexibility index (Phi) is 4.21. The summed E-state index contributed by atoms with van der Waals surface area (Å²) in [6.45, 7) is 0. The molecule has 4 heteroatoms. The quantitative estimate of drug-likeness (QED) is 0.225. The summed E-state index contributed by atoms with van der Waals surface area (Å²) < 4.78 is 7.26. The van der Waals surface area contributed by atoms with E-state index in [0.717, 1.165) is 22.4 Å². The fraction of sp³-hybridized carbons (Fsp3) is 0. The molecular weight excluding hydrogens is 494 g/mol. The van der Waals surface area contributed by atoms with E-state index in [0.29, 0.717) is 0 Å². The standard InChI is InChI=1S/C35H21N3S/c1-2-10-23(11-3-1)37-21-36-33-29(37)14-8-15-30(33)38-28-20-17-22-9-4-5-12-24(22)32(28)27-19-18-26-25-13-6-7-16-31(25)39-35(26)34(27)38/h1-21H. The molecule has 0 amide bonds. The van der Waals surface area contributed by atoms with Crippen LogP contribution >= 0.6 is 11.3 Å². The molecule has 0 aliphatic carbocycles. The van der Waals surface area contributed by atoms with E-state index in [1.54, 1.807) is 0 Å². The number of imidazole rings is 1. The summed E-state index contributed by atoms with van der Waals surface area (Å²) in [7, 11) is 0. The van der Waals surface area contributed by atoms with Crippen LogP contribution in [-0.4, -0.2) is 14.1 Å². The molecule has 0 fully saturated rings. The molecule has 39 heavy (non-hydrogen) atoms. The van der Waals surface area contributed by atoms with Gasteiger partial charge in [-0.2, -0.15) is 0 Å². The van der Waals surface area contributed by atoms with Gasteiger partial charge in [-0.25, -0.2) is 4.98 Å². The van der Waals surface area contributed by atoms with Crippen LogP contribution in [-0.2, 0) is 0 Å². The highest BCUT2D eigenvalue weighted by atomic mass is 32.1. The third-order valence-electron chi connectivity index (χ3n) is 7.99. The fourth-order valence-corrected chi connectivity index (χ4v) is 7.54. The van der Waals surface area contributed by atoms with Crippen molar-refractivity contribution in [2.24, 2.45) is 0 Å². The van der Waals surface area contributed by atoms with Crippen molar-refractivity contribution in [3.8, 4) is 11.4 Å². The van der Waals surface area contributed by atoms with Gasteiger partial charge in [0.1, 0.15) is 11.8 Å². The number of rotatable bonds is 2. The van der Waals surface area contributed by atoms with Gasteiger partial charge in [-0.15, -0.1) is 11.3 Å². The first-order valence-corrected chi connectivity index (χ1v) is 14.0. The average molecular weight is 516 g/mol. The monoisotopic (exact) mass is 515 g/mol. The molecule has 182 valence electrons. The highest BCUT2D eigenvalue weighted by Crippen LogP contribution is 2.45. The summed E-state index contributed by atoms with van der Waals surface area (Å²) in [5.41, 5.74) is 6.75. The SMILES string of the molecule is c1ccc(-n2cnc3c(-n4c5ccc6ccccc6c5c5ccc6c7ccccc7sc6c54)cccc32)cc1. The van der Waals surface area contributed by atoms with Crippen LogP contribution in [0.3, 0.4) is 0 Å². The number of hydrogen-bond donors (Lipinski definition) is 0. The molecule has 3 aromatic heterocycles. The molecule has 0 unspecified atom stereocenters. The van der Waals surface area contributed by atoms with Crippen LogP contribution < -0.4 is 0 Å². The zero-order valence-electron chi connectivity index (χ0n) is 20.9. The topological polar surface area (TPSA) is 22.8 Å². The highest BCUT2D eigenvalue weighted by Gasteiger charge is 2.21. The van der Waals surface area contributed by atoms with Gasteiger partial charge >= 0.3 is 0 Å². The van der Waals surface area contributed by atoms with E-state index < -0.39 is 0 Å². The normalized spacial score (nSPS) is 12.1. The molecule has 0 aliphatic heterocycles. The number of thiophene rings is 1. The van der Waals surface area contributed by atoms with Crippen molar-refractivity contribution >= 4 is 75.1 Å². The molecule has 0 aliphatic rings. The van der Waals surface area contributed by atoms with E-state index in [4.69, 9.17) is 4.98 Å². The second kappa shape index (κ2) is 7.79. The Hall–Kier alpha value is -4.93. The third kappa shape index (κ3) is 2.84. The fourth-order valence-electron chi connectivity index (χ4n) is 6.30. The maximum atomic E-state index is 5.00. The van der Waals surface area contributed by atoms with Gasteiger partial charge in [0.15, 0.2) is 0 Å². The van der Waals surface area contributed by atoms with E-state index in [2.05, 4.69) is 124 Å². The molecule has 0 spiro atoms. The van der Waals surface area contributed by atoms with Crippen molar-refractivity contribution in [1.82, 2.24) is 14.1 Å². The first-order chi connectivity index (χ1) is 19.4. The predicted molar refractivity (Wildman–Crippen MR) is 166 cm³/mol. The van der Waals surface area contributed by atoms with Crippen LogP contribution in [0.1, 0.15) is 0 Å².